The SMILES string of the molecule is C[S@](=O)c1nncn1CC(=O)N1c2ccccc2NC(=O)C[C@H]1C(F)(F)F. The van der Waals surface area contributed by atoms with Crippen LogP contribution in [0.3, 0.4) is 0 Å². The van der Waals surface area contributed by atoms with E-state index in [2.05, 4.69) is 15.5 Å². The van der Waals surface area contributed by atoms with Crippen molar-refractivity contribution in [3.8, 4) is 0 Å². The maximum absolute atomic E-state index is 13.6. The van der Waals surface area contributed by atoms with Crippen molar-refractivity contribution in [2.45, 2.75) is 30.3 Å². The Morgan fingerprint density at radius 3 is 2.74 bits per heavy atom. The lowest BCUT2D eigenvalue weighted by Gasteiger charge is -2.31. The van der Waals surface area contributed by atoms with Gasteiger partial charge in [-0.15, -0.1) is 10.2 Å². The van der Waals surface area contributed by atoms with Crippen LogP contribution in [0.2, 0.25) is 0 Å². The average molecular weight is 401 g/mol. The number of fused-ring (bicyclic) bond motifs is 1. The third-order valence-electron chi connectivity index (χ3n) is 3.92. The van der Waals surface area contributed by atoms with E-state index in [1.807, 2.05) is 0 Å². The molecule has 8 nitrogen and oxygen atoms in total. The summed E-state index contributed by atoms with van der Waals surface area (Å²) >= 11 is 0. The Morgan fingerprint density at radius 1 is 1.37 bits per heavy atom. The first kappa shape index (κ1) is 19.0. The molecule has 1 N–H and O–H groups in total. The fraction of sp³-hybridized carbons (Fsp3) is 0.333. The third kappa shape index (κ3) is 3.84. The summed E-state index contributed by atoms with van der Waals surface area (Å²) in [4.78, 5) is 25.3. The summed E-state index contributed by atoms with van der Waals surface area (Å²) in [5.41, 5.74) is 0.0357. The lowest BCUT2D eigenvalue weighted by molar-refractivity contribution is -0.158. The molecule has 0 fully saturated rings. The molecule has 0 saturated heterocycles. The van der Waals surface area contributed by atoms with Crippen LogP contribution in [0.5, 0.6) is 0 Å². The Balaban J connectivity index is 2.05. The van der Waals surface area contributed by atoms with Gasteiger partial charge in [0.05, 0.1) is 28.6 Å². The first-order chi connectivity index (χ1) is 12.7. The van der Waals surface area contributed by atoms with E-state index in [1.54, 1.807) is 0 Å². The molecule has 0 unspecified atom stereocenters. The Bertz CT molecular complexity index is 914. The summed E-state index contributed by atoms with van der Waals surface area (Å²) < 4.78 is 53.6. The van der Waals surface area contributed by atoms with E-state index in [-0.39, 0.29) is 16.5 Å². The second-order valence-corrected chi connectivity index (χ2v) is 7.06. The van der Waals surface area contributed by atoms with Gasteiger partial charge in [-0.05, 0) is 12.1 Å². The van der Waals surface area contributed by atoms with Crippen molar-refractivity contribution >= 4 is 34.0 Å². The molecule has 0 aliphatic carbocycles. The number of hydrogen-bond acceptors (Lipinski definition) is 5. The number of rotatable bonds is 3. The average Bonchev–Trinajstić information content (AvgIpc) is 2.96. The standard InChI is InChI=1S/C15H14F3N5O3S/c1-27(26)14-21-19-8-22(14)7-13(25)23-10-5-3-2-4-9(10)20-12(24)6-11(23)15(16,17)18/h2-5,8,11H,6-7H2,1H3,(H,20,24)/t11-,27-/m0/s1. The zero-order valence-corrected chi connectivity index (χ0v) is 14.8. The number of alkyl halides is 3. The predicted octanol–water partition coefficient (Wildman–Crippen LogP) is 1.32. The van der Waals surface area contributed by atoms with Gasteiger partial charge in [-0.3, -0.25) is 23.3 Å². The van der Waals surface area contributed by atoms with Gasteiger partial charge < -0.3 is 5.32 Å². The number of amides is 2. The van der Waals surface area contributed by atoms with Crippen LogP contribution in [0, 0.1) is 0 Å². The van der Waals surface area contributed by atoms with E-state index in [0.29, 0.717) is 4.90 Å². The molecule has 2 heterocycles. The van der Waals surface area contributed by atoms with Crippen LogP contribution >= 0.6 is 0 Å². The predicted molar refractivity (Wildman–Crippen MR) is 89.4 cm³/mol. The smallest absolute Gasteiger partial charge is 0.324 e. The summed E-state index contributed by atoms with van der Waals surface area (Å²) in [5, 5.41) is 9.50. The number of halogens is 3. The van der Waals surface area contributed by atoms with Gasteiger partial charge in [0, 0.05) is 6.26 Å². The summed E-state index contributed by atoms with van der Waals surface area (Å²) in [7, 11) is -1.58. The Hall–Kier alpha value is -2.76. The van der Waals surface area contributed by atoms with Gasteiger partial charge in [0.2, 0.25) is 17.0 Å². The molecular weight excluding hydrogens is 387 g/mol. The molecule has 2 aromatic rings. The molecule has 12 heteroatoms. The van der Waals surface area contributed by atoms with Gasteiger partial charge in [-0.1, -0.05) is 12.1 Å². The van der Waals surface area contributed by atoms with Crippen LogP contribution in [0.4, 0.5) is 24.5 Å². The number of hydrogen-bond donors (Lipinski definition) is 1. The zero-order valence-electron chi connectivity index (χ0n) is 13.9. The first-order valence-corrected chi connectivity index (χ1v) is 9.23. The number of anilines is 2. The van der Waals surface area contributed by atoms with Crippen molar-refractivity contribution in [2.75, 3.05) is 16.5 Å². The maximum atomic E-state index is 13.6. The lowest BCUT2D eigenvalue weighted by atomic mass is 10.1. The van der Waals surface area contributed by atoms with Crippen molar-refractivity contribution in [3.05, 3.63) is 30.6 Å². The van der Waals surface area contributed by atoms with E-state index in [9.17, 15) is 27.0 Å². The molecule has 27 heavy (non-hydrogen) atoms. The van der Waals surface area contributed by atoms with Gasteiger partial charge in [0.1, 0.15) is 18.9 Å². The van der Waals surface area contributed by atoms with Gasteiger partial charge in [-0.25, -0.2) is 0 Å². The first-order valence-electron chi connectivity index (χ1n) is 7.67. The monoisotopic (exact) mass is 401 g/mol. The van der Waals surface area contributed by atoms with Gasteiger partial charge >= 0.3 is 6.18 Å². The Labute approximate surface area is 153 Å². The molecule has 2 amide bonds. The quantitative estimate of drug-likeness (QED) is 0.837. The van der Waals surface area contributed by atoms with Crippen molar-refractivity contribution in [1.29, 1.82) is 0 Å². The Kier molecular flexibility index (Phi) is 5.00. The molecule has 1 aromatic heterocycles. The highest BCUT2D eigenvalue weighted by Crippen LogP contribution is 2.37. The molecule has 0 radical (unpaired) electrons. The highest BCUT2D eigenvalue weighted by atomic mass is 32.2. The van der Waals surface area contributed by atoms with E-state index in [4.69, 9.17) is 0 Å². The zero-order chi connectivity index (χ0) is 19.8. The Morgan fingerprint density at radius 2 is 2.07 bits per heavy atom. The number of nitrogens with one attached hydrogen (secondary N) is 1. The number of nitrogens with zero attached hydrogens (tertiary/aromatic N) is 4. The van der Waals surface area contributed by atoms with Crippen LogP contribution in [-0.2, 0) is 26.9 Å². The summed E-state index contributed by atoms with van der Waals surface area (Å²) in [6.07, 6.45) is -3.33. The minimum Gasteiger partial charge on any atom is -0.324 e. The van der Waals surface area contributed by atoms with Crippen LogP contribution in [0.15, 0.2) is 35.7 Å². The van der Waals surface area contributed by atoms with Gasteiger partial charge in [0.25, 0.3) is 0 Å². The van der Waals surface area contributed by atoms with Crippen LogP contribution in [0.1, 0.15) is 6.42 Å². The lowest BCUT2D eigenvalue weighted by Crippen LogP contribution is -2.50. The number of carbonyl (C=O) groups excluding carboxylic acids is 2. The summed E-state index contributed by atoms with van der Waals surface area (Å²) in [6.45, 7) is -0.559. The van der Waals surface area contributed by atoms with E-state index in [1.165, 1.54) is 30.5 Å². The van der Waals surface area contributed by atoms with Crippen LogP contribution in [0.25, 0.3) is 0 Å². The molecule has 0 saturated carbocycles. The van der Waals surface area contributed by atoms with Crippen molar-refractivity contribution in [3.63, 3.8) is 0 Å². The highest BCUT2D eigenvalue weighted by Gasteiger charge is 2.49. The summed E-state index contributed by atoms with van der Waals surface area (Å²) in [5.74, 6) is -1.78. The van der Waals surface area contributed by atoms with Crippen molar-refractivity contribution in [1.82, 2.24) is 14.8 Å². The largest absolute Gasteiger partial charge is 0.409 e. The van der Waals surface area contributed by atoms with Gasteiger partial charge in [0.15, 0.2) is 0 Å². The van der Waals surface area contributed by atoms with E-state index < -0.39 is 47.8 Å². The molecule has 1 aliphatic heterocycles. The number of benzene rings is 1. The fourth-order valence-corrected chi connectivity index (χ4v) is 3.40. The number of aromatic nitrogens is 3. The van der Waals surface area contributed by atoms with Crippen molar-refractivity contribution < 1.29 is 27.0 Å². The van der Waals surface area contributed by atoms with Gasteiger partial charge in [-0.2, -0.15) is 13.2 Å². The molecule has 0 spiro atoms. The molecule has 0 bridgehead atoms. The molecular formula is C15H14F3N5O3S. The van der Waals surface area contributed by atoms with E-state index in [0.717, 1.165) is 10.9 Å². The summed E-state index contributed by atoms with van der Waals surface area (Å²) in [6, 6.07) is 3.41. The van der Waals surface area contributed by atoms with Crippen molar-refractivity contribution in [2.24, 2.45) is 0 Å². The third-order valence-corrected chi connectivity index (χ3v) is 4.75. The molecule has 144 valence electrons. The molecule has 1 aliphatic rings. The number of carbonyl (C=O) groups is 2. The second kappa shape index (κ2) is 7.10. The van der Waals surface area contributed by atoms with Crippen LogP contribution in [-0.4, -0.2) is 49.3 Å². The minimum atomic E-state index is -4.83. The van der Waals surface area contributed by atoms with E-state index >= 15 is 0 Å². The number of para-hydroxylation sites is 2. The molecule has 3 rings (SSSR count). The van der Waals surface area contributed by atoms with Crippen LogP contribution < -0.4 is 10.2 Å². The minimum absolute atomic E-state index is 0.0378. The topological polar surface area (TPSA) is 97.2 Å². The highest BCUT2D eigenvalue weighted by molar-refractivity contribution is 7.84. The molecule has 2 atom stereocenters. The second-order valence-electron chi connectivity index (χ2n) is 5.79. The maximum Gasteiger partial charge on any atom is 0.409 e. The fourth-order valence-electron chi connectivity index (χ4n) is 2.79. The normalized spacial score (nSPS) is 18.4. The molecule has 1 aromatic carbocycles.